The summed E-state index contributed by atoms with van der Waals surface area (Å²) < 4.78 is 11.1. The Morgan fingerprint density at radius 1 is 1.24 bits per heavy atom. The molecule has 120 valence electrons. The van der Waals surface area contributed by atoms with Gasteiger partial charge in [0, 0.05) is 13.2 Å². The Morgan fingerprint density at radius 2 is 2.05 bits per heavy atom. The van der Waals surface area contributed by atoms with Gasteiger partial charge in [-0.2, -0.15) is 0 Å². The molecule has 4 nitrogen and oxygen atoms in total. The second-order valence-electron chi connectivity index (χ2n) is 4.92. The van der Waals surface area contributed by atoms with Crippen LogP contribution in [0.3, 0.4) is 0 Å². The van der Waals surface area contributed by atoms with Gasteiger partial charge in [-0.1, -0.05) is 18.5 Å². The first kappa shape index (κ1) is 18.1. The van der Waals surface area contributed by atoms with Gasteiger partial charge in [-0.05, 0) is 49.9 Å². The summed E-state index contributed by atoms with van der Waals surface area (Å²) in [5.41, 5.74) is 1.08. The maximum atomic E-state index is 8.74. The van der Waals surface area contributed by atoms with E-state index in [1.54, 1.807) is 7.11 Å². The summed E-state index contributed by atoms with van der Waals surface area (Å²) in [7, 11) is 1.62. The van der Waals surface area contributed by atoms with Crippen molar-refractivity contribution in [1.29, 1.82) is 0 Å². The number of ether oxygens (including phenoxy) is 2. The number of hydrogen-bond donors (Lipinski definition) is 2. The molecule has 0 fully saturated rings. The van der Waals surface area contributed by atoms with Gasteiger partial charge in [-0.25, -0.2) is 0 Å². The summed E-state index contributed by atoms with van der Waals surface area (Å²) in [6.07, 6.45) is 3.73. The molecule has 0 aliphatic rings. The Morgan fingerprint density at radius 3 is 2.71 bits per heavy atom. The van der Waals surface area contributed by atoms with Crippen LogP contribution in [-0.2, 0) is 6.54 Å². The van der Waals surface area contributed by atoms with Gasteiger partial charge in [0.15, 0.2) is 11.5 Å². The SMILES string of the molecule is CCCNCc1cc(Cl)c(OCCCCCO)c(OC)c1. The van der Waals surface area contributed by atoms with Gasteiger partial charge in [-0.15, -0.1) is 0 Å². The van der Waals surface area contributed by atoms with Gasteiger partial charge < -0.3 is 19.9 Å². The van der Waals surface area contributed by atoms with E-state index in [1.165, 1.54) is 0 Å². The summed E-state index contributed by atoms with van der Waals surface area (Å²) in [6, 6.07) is 3.87. The smallest absolute Gasteiger partial charge is 0.179 e. The van der Waals surface area contributed by atoms with Crippen molar-refractivity contribution >= 4 is 11.6 Å². The topological polar surface area (TPSA) is 50.7 Å². The average molecular weight is 316 g/mol. The maximum absolute atomic E-state index is 8.74. The third-order valence-corrected chi connectivity index (χ3v) is 3.37. The van der Waals surface area contributed by atoms with Crippen LogP contribution in [0, 0.1) is 0 Å². The van der Waals surface area contributed by atoms with Crippen LogP contribution in [0.5, 0.6) is 11.5 Å². The average Bonchev–Trinajstić information content (AvgIpc) is 2.48. The third-order valence-electron chi connectivity index (χ3n) is 3.09. The molecule has 0 radical (unpaired) electrons. The highest BCUT2D eigenvalue weighted by Crippen LogP contribution is 2.36. The maximum Gasteiger partial charge on any atom is 0.179 e. The second kappa shape index (κ2) is 10.7. The third kappa shape index (κ3) is 6.55. The van der Waals surface area contributed by atoms with Crippen LogP contribution in [0.25, 0.3) is 0 Å². The van der Waals surface area contributed by atoms with E-state index in [0.717, 1.165) is 44.3 Å². The van der Waals surface area contributed by atoms with Crippen molar-refractivity contribution in [3.8, 4) is 11.5 Å². The van der Waals surface area contributed by atoms with Gasteiger partial charge in [0.25, 0.3) is 0 Å². The molecule has 0 amide bonds. The standard InChI is InChI=1S/C16H26ClNO3/c1-3-7-18-12-13-10-14(17)16(15(11-13)20-2)21-9-6-4-5-8-19/h10-11,18-19H,3-9,12H2,1-2H3. The number of aliphatic hydroxyl groups is 1. The summed E-state index contributed by atoms with van der Waals surface area (Å²) in [5.74, 6) is 1.26. The number of rotatable bonds is 11. The van der Waals surface area contributed by atoms with Crippen LogP contribution in [0.4, 0.5) is 0 Å². The molecule has 5 heteroatoms. The van der Waals surface area contributed by atoms with Crippen molar-refractivity contribution in [2.75, 3.05) is 26.9 Å². The van der Waals surface area contributed by atoms with Gasteiger partial charge in [0.05, 0.1) is 18.7 Å². The largest absolute Gasteiger partial charge is 0.493 e. The van der Waals surface area contributed by atoms with Crippen molar-refractivity contribution in [2.24, 2.45) is 0 Å². The van der Waals surface area contributed by atoms with Crippen LogP contribution in [0.15, 0.2) is 12.1 Å². The van der Waals surface area contributed by atoms with Crippen molar-refractivity contribution in [2.45, 2.75) is 39.2 Å². The molecule has 0 unspecified atom stereocenters. The molecule has 0 bridgehead atoms. The Balaban J connectivity index is 2.61. The monoisotopic (exact) mass is 315 g/mol. The molecule has 0 aliphatic carbocycles. The second-order valence-corrected chi connectivity index (χ2v) is 5.33. The minimum Gasteiger partial charge on any atom is -0.493 e. The van der Waals surface area contributed by atoms with Gasteiger partial charge in [0.2, 0.25) is 0 Å². The molecule has 2 N–H and O–H groups in total. The molecule has 1 aromatic carbocycles. The van der Waals surface area contributed by atoms with E-state index in [2.05, 4.69) is 12.2 Å². The van der Waals surface area contributed by atoms with Crippen molar-refractivity contribution < 1.29 is 14.6 Å². The Kier molecular flexibility index (Phi) is 9.22. The number of methoxy groups -OCH3 is 1. The first-order valence-corrected chi connectivity index (χ1v) is 7.91. The fourth-order valence-corrected chi connectivity index (χ4v) is 2.28. The van der Waals surface area contributed by atoms with Crippen LogP contribution in [0.1, 0.15) is 38.2 Å². The first-order chi connectivity index (χ1) is 10.2. The lowest BCUT2D eigenvalue weighted by molar-refractivity contribution is 0.260. The molecular weight excluding hydrogens is 290 g/mol. The summed E-state index contributed by atoms with van der Waals surface area (Å²) >= 11 is 6.29. The molecule has 21 heavy (non-hydrogen) atoms. The molecule has 1 aromatic rings. The molecule has 0 saturated heterocycles. The van der Waals surface area contributed by atoms with Crippen molar-refractivity contribution in [3.05, 3.63) is 22.7 Å². The van der Waals surface area contributed by atoms with E-state index >= 15 is 0 Å². The predicted molar refractivity (Wildman–Crippen MR) is 86.4 cm³/mol. The summed E-state index contributed by atoms with van der Waals surface area (Å²) in [5, 5.41) is 12.7. The normalized spacial score (nSPS) is 10.7. The predicted octanol–water partition coefficient (Wildman–Crippen LogP) is 3.39. The molecule has 1 rings (SSSR count). The van der Waals surface area contributed by atoms with E-state index in [0.29, 0.717) is 23.1 Å². The summed E-state index contributed by atoms with van der Waals surface area (Å²) in [6.45, 7) is 4.67. The van der Waals surface area contributed by atoms with E-state index < -0.39 is 0 Å². The van der Waals surface area contributed by atoms with E-state index in [9.17, 15) is 0 Å². The molecule has 0 aliphatic heterocycles. The zero-order valence-corrected chi connectivity index (χ0v) is 13.7. The highest BCUT2D eigenvalue weighted by Gasteiger charge is 2.11. The highest BCUT2D eigenvalue weighted by atomic mass is 35.5. The lowest BCUT2D eigenvalue weighted by Crippen LogP contribution is -2.14. The Hall–Kier alpha value is -0.970. The van der Waals surface area contributed by atoms with Crippen LogP contribution in [0.2, 0.25) is 5.02 Å². The molecule has 0 atom stereocenters. The molecule has 0 spiro atoms. The molecular formula is C16H26ClNO3. The summed E-state index contributed by atoms with van der Waals surface area (Å²) in [4.78, 5) is 0. The fourth-order valence-electron chi connectivity index (χ4n) is 1.99. The number of aliphatic hydroxyl groups excluding tert-OH is 1. The van der Waals surface area contributed by atoms with Crippen molar-refractivity contribution in [1.82, 2.24) is 5.32 Å². The van der Waals surface area contributed by atoms with Gasteiger partial charge >= 0.3 is 0 Å². The minimum atomic E-state index is 0.226. The van der Waals surface area contributed by atoms with Crippen LogP contribution >= 0.6 is 11.6 Å². The quantitative estimate of drug-likeness (QED) is 0.615. The zero-order valence-electron chi connectivity index (χ0n) is 13.0. The number of hydrogen-bond acceptors (Lipinski definition) is 4. The number of unbranched alkanes of at least 4 members (excludes halogenated alkanes) is 2. The zero-order chi connectivity index (χ0) is 15.5. The van der Waals surface area contributed by atoms with Crippen LogP contribution < -0.4 is 14.8 Å². The lowest BCUT2D eigenvalue weighted by atomic mass is 10.2. The van der Waals surface area contributed by atoms with E-state index in [1.807, 2.05) is 12.1 Å². The Bertz CT molecular complexity index is 413. The first-order valence-electron chi connectivity index (χ1n) is 7.53. The molecule has 0 heterocycles. The number of halogens is 1. The minimum absolute atomic E-state index is 0.226. The number of nitrogens with one attached hydrogen (secondary N) is 1. The van der Waals surface area contributed by atoms with E-state index in [-0.39, 0.29) is 6.61 Å². The molecule has 0 aromatic heterocycles. The van der Waals surface area contributed by atoms with E-state index in [4.69, 9.17) is 26.2 Å². The Labute approximate surface area is 132 Å². The van der Waals surface area contributed by atoms with Gasteiger partial charge in [-0.3, -0.25) is 0 Å². The fraction of sp³-hybridized carbons (Fsp3) is 0.625. The lowest BCUT2D eigenvalue weighted by Gasteiger charge is -2.14. The van der Waals surface area contributed by atoms with Gasteiger partial charge in [0.1, 0.15) is 0 Å². The molecule has 0 saturated carbocycles. The van der Waals surface area contributed by atoms with Crippen molar-refractivity contribution in [3.63, 3.8) is 0 Å². The van der Waals surface area contributed by atoms with Crippen LogP contribution in [-0.4, -0.2) is 32.0 Å². The number of benzene rings is 1. The highest BCUT2D eigenvalue weighted by molar-refractivity contribution is 6.32.